The number of hydrogen-bond donors (Lipinski definition) is 2. The molecule has 0 heterocycles. The maximum Gasteiger partial charge on any atom is 0.232 e. The van der Waals surface area contributed by atoms with Crippen LogP contribution in [0.1, 0.15) is 38.5 Å². The summed E-state index contributed by atoms with van der Waals surface area (Å²) in [6.07, 6.45) is 10.7. The Morgan fingerprint density at radius 2 is 2.07 bits per heavy atom. The molecule has 1 saturated carbocycles. The summed E-state index contributed by atoms with van der Waals surface area (Å²) in [6, 6.07) is 0. The largest absolute Gasteiger partial charge is 0.396 e. The molecule has 0 spiro atoms. The number of carbonyl (C=O) groups is 1. The maximum absolute atomic E-state index is 11.2. The zero-order chi connectivity index (χ0) is 11.1. The van der Waals surface area contributed by atoms with E-state index in [1.165, 1.54) is 6.42 Å². The minimum atomic E-state index is -0.115. The summed E-state index contributed by atoms with van der Waals surface area (Å²) in [5.41, 5.74) is -0.0947. The van der Waals surface area contributed by atoms with Gasteiger partial charge in [-0.05, 0) is 12.8 Å². The molecule has 0 aromatic rings. The van der Waals surface area contributed by atoms with Crippen LogP contribution < -0.4 is 5.32 Å². The van der Waals surface area contributed by atoms with E-state index >= 15 is 0 Å². The number of nitrogens with one attached hydrogen (secondary N) is 1. The van der Waals surface area contributed by atoms with Gasteiger partial charge in [-0.15, -0.1) is 6.42 Å². The van der Waals surface area contributed by atoms with E-state index < -0.39 is 0 Å². The van der Waals surface area contributed by atoms with E-state index in [2.05, 4.69) is 11.2 Å². The van der Waals surface area contributed by atoms with Crippen LogP contribution in [0.3, 0.4) is 0 Å². The van der Waals surface area contributed by atoms with Crippen molar-refractivity contribution < 1.29 is 9.90 Å². The first-order chi connectivity index (χ1) is 7.22. The highest BCUT2D eigenvalue weighted by Crippen LogP contribution is 2.35. The Kier molecular flexibility index (Phi) is 4.64. The molecule has 0 aliphatic heterocycles. The zero-order valence-corrected chi connectivity index (χ0v) is 9.09. The molecular formula is C12H19NO2. The van der Waals surface area contributed by atoms with E-state index in [4.69, 9.17) is 6.42 Å². The zero-order valence-electron chi connectivity index (χ0n) is 9.09. The van der Waals surface area contributed by atoms with Gasteiger partial charge >= 0.3 is 0 Å². The monoisotopic (exact) mass is 209 g/mol. The standard InChI is InChI=1S/C12H19NO2/c1-2-6-11(15)13-9-12(10-14)7-4-3-5-8-12/h1,14H,3-10H2,(H,13,15). The van der Waals surface area contributed by atoms with Crippen LogP contribution in [0, 0.1) is 17.8 Å². The van der Waals surface area contributed by atoms with Crippen LogP contribution in [0.25, 0.3) is 0 Å². The number of aliphatic hydroxyl groups is 1. The van der Waals surface area contributed by atoms with Crippen LogP contribution in [0.5, 0.6) is 0 Å². The van der Waals surface area contributed by atoms with E-state index in [9.17, 15) is 9.90 Å². The molecule has 1 amide bonds. The van der Waals surface area contributed by atoms with Crippen LogP contribution in [0.4, 0.5) is 0 Å². The molecular weight excluding hydrogens is 190 g/mol. The van der Waals surface area contributed by atoms with Crippen molar-refractivity contribution in [1.82, 2.24) is 5.32 Å². The van der Waals surface area contributed by atoms with Gasteiger partial charge in [-0.1, -0.05) is 25.2 Å². The molecule has 3 nitrogen and oxygen atoms in total. The van der Waals surface area contributed by atoms with Gasteiger partial charge in [0.05, 0.1) is 13.0 Å². The number of hydrogen-bond acceptors (Lipinski definition) is 2. The summed E-state index contributed by atoms with van der Waals surface area (Å²) in [5, 5.41) is 12.2. The number of amides is 1. The van der Waals surface area contributed by atoms with Crippen LogP contribution >= 0.6 is 0 Å². The van der Waals surface area contributed by atoms with Crippen LogP contribution in [-0.4, -0.2) is 24.2 Å². The molecule has 0 saturated heterocycles. The molecule has 2 N–H and O–H groups in total. The number of rotatable bonds is 4. The van der Waals surface area contributed by atoms with E-state index in [0.29, 0.717) is 6.54 Å². The molecule has 0 unspecified atom stereocenters. The maximum atomic E-state index is 11.2. The predicted molar refractivity (Wildman–Crippen MR) is 59.1 cm³/mol. The van der Waals surface area contributed by atoms with Gasteiger partial charge in [0.25, 0.3) is 0 Å². The quantitative estimate of drug-likeness (QED) is 0.680. The fourth-order valence-electron chi connectivity index (χ4n) is 2.13. The number of aliphatic hydroxyl groups excluding tert-OH is 1. The molecule has 1 aliphatic carbocycles. The lowest BCUT2D eigenvalue weighted by Gasteiger charge is -2.35. The first-order valence-electron chi connectivity index (χ1n) is 5.53. The molecule has 1 fully saturated rings. The SMILES string of the molecule is C#CCC(=O)NCC1(CO)CCCCC1. The van der Waals surface area contributed by atoms with Crippen molar-refractivity contribution in [2.75, 3.05) is 13.2 Å². The third kappa shape index (κ3) is 3.56. The Morgan fingerprint density at radius 3 is 2.60 bits per heavy atom. The van der Waals surface area contributed by atoms with Crippen molar-refractivity contribution in [1.29, 1.82) is 0 Å². The topological polar surface area (TPSA) is 49.3 Å². The second-order valence-corrected chi connectivity index (χ2v) is 4.38. The highest BCUT2D eigenvalue weighted by atomic mass is 16.3. The van der Waals surface area contributed by atoms with E-state index in [1.54, 1.807) is 0 Å². The van der Waals surface area contributed by atoms with Crippen LogP contribution in [0.2, 0.25) is 0 Å². The van der Waals surface area contributed by atoms with Gasteiger partial charge in [0.15, 0.2) is 0 Å². The average Bonchev–Trinajstić information content (AvgIpc) is 2.28. The molecule has 1 aliphatic rings. The van der Waals surface area contributed by atoms with Crippen molar-refractivity contribution in [3.05, 3.63) is 0 Å². The first kappa shape index (κ1) is 12.1. The van der Waals surface area contributed by atoms with Crippen molar-refractivity contribution in [3.63, 3.8) is 0 Å². The summed E-state index contributed by atoms with van der Waals surface area (Å²) in [6.45, 7) is 0.716. The minimum absolute atomic E-state index is 0.0947. The Balaban J connectivity index is 2.39. The van der Waals surface area contributed by atoms with Gasteiger partial charge in [-0.3, -0.25) is 4.79 Å². The molecule has 0 aromatic heterocycles. The second-order valence-electron chi connectivity index (χ2n) is 4.38. The molecule has 84 valence electrons. The third-order valence-corrected chi connectivity index (χ3v) is 3.17. The Labute approximate surface area is 91.3 Å². The van der Waals surface area contributed by atoms with Crippen molar-refractivity contribution in [2.45, 2.75) is 38.5 Å². The summed E-state index contributed by atoms with van der Waals surface area (Å²) < 4.78 is 0. The van der Waals surface area contributed by atoms with Gasteiger partial charge in [0.1, 0.15) is 0 Å². The smallest absolute Gasteiger partial charge is 0.232 e. The number of carbonyl (C=O) groups excluding carboxylic acids is 1. The molecule has 3 heteroatoms. The predicted octanol–water partition coefficient (Wildman–Crippen LogP) is 1.07. The normalized spacial score (nSPS) is 19.2. The van der Waals surface area contributed by atoms with Gasteiger partial charge < -0.3 is 10.4 Å². The Bertz CT molecular complexity index is 249. The van der Waals surface area contributed by atoms with Gasteiger partial charge in [0.2, 0.25) is 5.91 Å². The van der Waals surface area contributed by atoms with Crippen LogP contribution in [0.15, 0.2) is 0 Å². The Hall–Kier alpha value is -1.01. The van der Waals surface area contributed by atoms with Crippen LogP contribution in [-0.2, 0) is 4.79 Å². The summed E-state index contributed by atoms with van der Waals surface area (Å²) >= 11 is 0. The molecule has 15 heavy (non-hydrogen) atoms. The van der Waals surface area contributed by atoms with E-state index in [1.807, 2.05) is 0 Å². The highest BCUT2D eigenvalue weighted by Gasteiger charge is 2.31. The molecule has 0 bridgehead atoms. The van der Waals surface area contributed by atoms with Gasteiger partial charge in [-0.25, -0.2) is 0 Å². The lowest BCUT2D eigenvalue weighted by Crippen LogP contribution is -2.41. The lowest BCUT2D eigenvalue weighted by atomic mass is 9.74. The fraction of sp³-hybridized carbons (Fsp3) is 0.750. The Morgan fingerprint density at radius 1 is 1.40 bits per heavy atom. The molecule has 0 aromatic carbocycles. The van der Waals surface area contributed by atoms with Crippen molar-refractivity contribution in [3.8, 4) is 12.3 Å². The molecule has 0 atom stereocenters. The third-order valence-electron chi connectivity index (χ3n) is 3.17. The first-order valence-corrected chi connectivity index (χ1v) is 5.53. The van der Waals surface area contributed by atoms with Crippen molar-refractivity contribution in [2.24, 2.45) is 5.41 Å². The summed E-state index contributed by atoms with van der Waals surface area (Å²) in [5.74, 6) is 2.20. The lowest BCUT2D eigenvalue weighted by molar-refractivity contribution is -0.120. The van der Waals surface area contributed by atoms with E-state index in [0.717, 1.165) is 25.7 Å². The molecule has 0 radical (unpaired) electrons. The molecule has 1 rings (SSSR count). The highest BCUT2D eigenvalue weighted by molar-refractivity contribution is 5.78. The van der Waals surface area contributed by atoms with Crippen molar-refractivity contribution >= 4 is 5.91 Å². The van der Waals surface area contributed by atoms with Gasteiger partial charge in [0, 0.05) is 12.0 Å². The second kappa shape index (κ2) is 5.77. The number of terminal acetylenes is 1. The summed E-state index contributed by atoms with van der Waals surface area (Å²) in [7, 11) is 0. The van der Waals surface area contributed by atoms with E-state index in [-0.39, 0.29) is 24.3 Å². The average molecular weight is 209 g/mol. The minimum Gasteiger partial charge on any atom is -0.396 e. The van der Waals surface area contributed by atoms with Gasteiger partial charge in [-0.2, -0.15) is 0 Å². The fourth-order valence-corrected chi connectivity index (χ4v) is 2.13. The summed E-state index contributed by atoms with van der Waals surface area (Å²) in [4.78, 5) is 11.2.